The summed E-state index contributed by atoms with van der Waals surface area (Å²) in [6.45, 7) is 8.15. The average molecular weight is 347 g/mol. The standard InChI is InChI=1S/C18H25N3O4/c1-12-8-15(25-16(12)17(22)23-5)13(2)21-6-7-24-18(3,11-21)14-9-19-20(4)10-14/h8-10,13H,6-7,11H2,1-5H3/t13-,18-/m0/s1. The van der Waals surface area contributed by atoms with E-state index in [1.807, 2.05) is 32.4 Å². The lowest BCUT2D eigenvalue weighted by Crippen LogP contribution is -2.48. The molecule has 136 valence electrons. The normalized spacial score (nSPS) is 22.8. The molecule has 0 aromatic carbocycles. The molecule has 0 N–H and O–H groups in total. The number of morpholine rings is 1. The summed E-state index contributed by atoms with van der Waals surface area (Å²) < 4.78 is 18.4. The van der Waals surface area contributed by atoms with Gasteiger partial charge in [-0.2, -0.15) is 5.10 Å². The first-order valence-corrected chi connectivity index (χ1v) is 8.40. The molecule has 1 fully saturated rings. The fraction of sp³-hybridized carbons (Fsp3) is 0.556. The predicted octanol–water partition coefficient (Wildman–Crippen LogP) is 2.42. The van der Waals surface area contributed by atoms with E-state index in [4.69, 9.17) is 13.9 Å². The summed E-state index contributed by atoms with van der Waals surface area (Å²) in [4.78, 5) is 14.1. The van der Waals surface area contributed by atoms with Crippen LogP contribution in [0.15, 0.2) is 22.9 Å². The quantitative estimate of drug-likeness (QED) is 0.791. The minimum atomic E-state index is -0.446. The van der Waals surface area contributed by atoms with Gasteiger partial charge < -0.3 is 13.9 Å². The molecule has 1 aliphatic rings. The van der Waals surface area contributed by atoms with Crippen LogP contribution in [-0.4, -0.2) is 47.5 Å². The molecule has 0 bridgehead atoms. The van der Waals surface area contributed by atoms with Gasteiger partial charge in [0.1, 0.15) is 11.4 Å². The number of aryl methyl sites for hydroxylation is 2. The Hall–Kier alpha value is -2.12. The van der Waals surface area contributed by atoms with Crippen molar-refractivity contribution < 1.29 is 18.7 Å². The summed E-state index contributed by atoms with van der Waals surface area (Å²) in [5.41, 5.74) is 1.42. The van der Waals surface area contributed by atoms with E-state index in [2.05, 4.69) is 23.8 Å². The largest absolute Gasteiger partial charge is 0.463 e. The van der Waals surface area contributed by atoms with Crippen molar-refractivity contribution in [1.29, 1.82) is 0 Å². The fourth-order valence-electron chi connectivity index (χ4n) is 3.29. The van der Waals surface area contributed by atoms with Crippen LogP contribution in [0.2, 0.25) is 0 Å². The van der Waals surface area contributed by atoms with Crippen LogP contribution in [0.3, 0.4) is 0 Å². The molecule has 2 aromatic heterocycles. The van der Waals surface area contributed by atoms with Gasteiger partial charge in [-0.25, -0.2) is 4.79 Å². The Morgan fingerprint density at radius 1 is 1.48 bits per heavy atom. The molecule has 1 saturated heterocycles. The van der Waals surface area contributed by atoms with Crippen molar-refractivity contribution in [3.63, 3.8) is 0 Å². The maximum Gasteiger partial charge on any atom is 0.374 e. The molecule has 0 aliphatic carbocycles. The van der Waals surface area contributed by atoms with Gasteiger partial charge in [0.05, 0.1) is 26.0 Å². The fourth-order valence-corrected chi connectivity index (χ4v) is 3.29. The Balaban J connectivity index is 1.80. The summed E-state index contributed by atoms with van der Waals surface area (Å²) in [5.74, 6) is 0.582. The lowest BCUT2D eigenvalue weighted by atomic mass is 9.96. The number of rotatable bonds is 4. The van der Waals surface area contributed by atoms with Crippen LogP contribution in [0.1, 0.15) is 47.3 Å². The number of furan rings is 1. The minimum absolute atomic E-state index is 0.0250. The maximum atomic E-state index is 11.8. The molecule has 7 heteroatoms. The van der Waals surface area contributed by atoms with Crippen molar-refractivity contribution in [2.24, 2.45) is 7.05 Å². The minimum Gasteiger partial charge on any atom is -0.463 e. The van der Waals surface area contributed by atoms with Crippen molar-refractivity contribution in [1.82, 2.24) is 14.7 Å². The summed E-state index contributed by atoms with van der Waals surface area (Å²) in [5, 5.41) is 4.26. The van der Waals surface area contributed by atoms with E-state index in [1.165, 1.54) is 7.11 Å². The highest BCUT2D eigenvalue weighted by molar-refractivity contribution is 5.87. The number of hydrogen-bond donors (Lipinski definition) is 0. The summed E-state index contributed by atoms with van der Waals surface area (Å²) >= 11 is 0. The van der Waals surface area contributed by atoms with Gasteiger partial charge in [0.2, 0.25) is 5.76 Å². The van der Waals surface area contributed by atoms with Gasteiger partial charge in [0, 0.05) is 37.5 Å². The van der Waals surface area contributed by atoms with Crippen LogP contribution < -0.4 is 0 Å². The smallest absolute Gasteiger partial charge is 0.374 e. The van der Waals surface area contributed by atoms with Crippen LogP contribution in [0.5, 0.6) is 0 Å². The first kappa shape index (κ1) is 17.7. The highest BCUT2D eigenvalue weighted by atomic mass is 16.5. The molecule has 2 aromatic rings. The van der Waals surface area contributed by atoms with Crippen molar-refractivity contribution in [3.05, 3.63) is 41.1 Å². The molecule has 1 aliphatic heterocycles. The summed E-state index contributed by atoms with van der Waals surface area (Å²) in [6.07, 6.45) is 3.83. The molecule has 2 atom stereocenters. The van der Waals surface area contributed by atoms with Gasteiger partial charge in [0.25, 0.3) is 0 Å². The number of aromatic nitrogens is 2. The summed E-state index contributed by atoms with van der Waals surface area (Å²) in [7, 11) is 3.25. The zero-order valence-corrected chi connectivity index (χ0v) is 15.4. The van der Waals surface area contributed by atoms with E-state index in [0.717, 1.165) is 23.4 Å². The van der Waals surface area contributed by atoms with E-state index >= 15 is 0 Å². The van der Waals surface area contributed by atoms with Gasteiger partial charge in [-0.3, -0.25) is 9.58 Å². The van der Waals surface area contributed by atoms with Crippen LogP contribution >= 0.6 is 0 Å². The monoisotopic (exact) mass is 347 g/mol. The number of carbonyl (C=O) groups is 1. The lowest BCUT2D eigenvalue weighted by Gasteiger charge is -2.42. The Morgan fingerprint density at radius 3 is 2.88 bits per heavy atom. The Morgan fingerprint density at radius 2 is 2.24 bits per heavy atom. The molecule has 3 rings (SSSR count). The van der Waals surface area contributed by atoms with Crippen LogP contribution in [0.25, 0.3) is 0 Å². The average Bonchev–Trinajstić information content (AvgIpc) is 3.20. The topological polar surface area (TPSA) is 69.7 Å². The number of hydrogen-bond acceptors (Lipinski definition) is 6. The first-order valence-electron chi connectivity index (χ1n) is 8.40. The molecule has 7 nitrogen and oxygen atoms in total. The van der Waals surface area contributed by atoms with Crippen molar-refractivity contribution >= 4 is 5.97 Å². The lowest BCUT2D eigenvalue weighted by molar-refractivity contribution is -0.114. The highest BCUT2D eigenvalue weighted by Crippen LogP contribution is 2.34. The number of methoxy groups -OCH3 is 1. The third-order valence-corrected chi connectivity index (χ3v) is 4.89. The molecule has 0 amide bonds. The van der Waals surface area contributed by atoms with E-state index in [1.54, 1.807) is 4.68 Å². The molecule has 0 unspecified atom stereocenters. The van der Waals surface area contributed by atoms with Crippen LogP contribution in [0, 0.1) is 6.92 Å². The molecule has 25 heavy (non-hydrogen) atoms. The third kappa shape index (κ3) is 3.34. The van der Waals surface area contributed by atoms with Gasteiger partial charge in [-0.15, -0.1) is 0 Å². The van der Waals surface area contributed by atoms with Crippen molar-refractivity contribution in [2.75, 3.05) is 26.8 Å². The third-order valence-electron chi connectivity index (χ3n) is 4.89. The van der Waals surface area contributed by atoms with Crippen molar-refractivity contribution in [3.8, 4) is 0 Å². The molecular weight excluding hydrogens is 322 g/mol. The van der Waals surface area contributed by atoms with E-state index in [9.17, 15) is 4.79 Å². The second-order valence-electron chi connectivity index (χ2n) is 6.78. The Kier molecular flexibility index (Phi) is 4.71. The number of esters is 1. The summed E-state index contributed by atoms with van der Waals surface area (Å²) in [6, 6.07) is 1.94. The maximum absolute atomic E-state index is 11.8. The molecule has 0 spiro atoms. The zero-order valence-electron chi connectivity index (χ0n) is 15.4. The molecule has 0 saturated carbocycles. The van der Waals surface area contributed by atoms with E-state index in [-0.39, 0.29) is 11.8 Å². The second-order valence-corrected chi connectivity index (χ2v) is 6.78. The Bertz CT molecular complexity index is 766. The first-order chi connectivity index (χ1) is 11.8. The highest BCUT2D eigenvalue weighted by Gasteiger charge is 2.37. The number of nitrogens with zero attached hydrogens (tertiary/aromatic N) is 3. The molecular formula is C18H25N3O4. The Labute approximate surface area is 147 Å². The van der Waals surface area contributed by atoms with Gasteiger partial charge in [-0.05, 0) is 26.8 Å². The predicted molar refractivity (Wildman–Crippen MR) is 91.3 cm³/mol. The van der Waals surface area contributed by atoms with Gasteiger partial charge in [-0.1, -0.05) is 0 Å². The van der Waals surface area contributed by atoms with E-state index in [0.29, 0.717) is 13.2 Å². The van der Waals surface area contributed by atoms with Gasteiger partial charge in [0.15, 0.2) is 0 Å². The van der Waals surface area contributed by atoms with Crippen LogP contribution in [0.4, 0.5) is 0 Å². The van der Waals surface area contributed by atoms with Crippen LogP contribution in [-0.2, 0) is 22.1 Å². The molecule has 3 heterocycles. The molecule has 0 radical (unpaired) electrons. The van der Waals surface area contributed by atoms with E-state index < -0.39 is 11.6 Å². The van der Waals surface area contributed by atoms with Crippen molar-refractivity contribution in [2.45, 2.75) is 32.4 Å². The SMILES string of the molecule is COC(=O)c1oc([C@H](C)N2CCO[C@](C)(c3cnn(C)c3)C2)cc1C. The second kappa shape index (κ2) is 6.65. The zero-order chi connectivity index (χ0) is 18.2. The number of carbonyl (C=O) groups excluding carboxylic acids is 1. The van der Waals surface area contributed by atoms with Gasteiger partial charge >= 0.3 is 5.97 Å². The number of ether oxygens (including phenoxy) is 2.